The molecule has 0 amide bonds. The van der Waals surface area contributed by atoms with Gasteiger partial charge in [0.2, 0.25) is 0 Å². The SMILES string of the molecule is CCCNCc1cncn1C(CC)C(C)C. The van der Waals surface area contributed by atoms with Crippen molar-refractivity contribution in [2.45, 2.75) is 53.1 Å². The Kier molecular flexibility index (Phi) is 5.53. The molecule has 0 spiro atoms. The molecule has 0 fully saturated rings. The summed E-state index contributed by atoms with van der Waals surface area (Å²) in [4.78, 5) is 4.28. The van der Waals surface area contributed by atoms with Crippen LogP contribution in [0.2, 0.25) is 0 Å². The molecular formula is C13H25N3. The summed E-state index contributed by atoms with van der Waals surface area (Å²) in [5.74, 6) is 0.657. The molecule has 1 unspecified atom stereocenters. The van der Waals surface area contributed by atoms with Crippen LogP contribution < -0.4 is 5.32 Å². The Bertz CT molecular complexity index is 291. The highest BCUT2D eigenvalue weighted by molar-refractivity contribution is 5.00. The van der Waals surface area contributed by atoms with Crippen molar-refractivity contribution in [3.63, 3.8) is 0 Å². The van der Waals surface area contributed by atoms with E-state index in [-0.39, 0.29) is 0 Å². The standard InChI is InChI=1S/C13H25N3/c1-5-7-14-8-12-9-15-10-16(12)13(6-2)11(3)4/h9-11,13-14H,5-8H2,1-4H3. The first kappa shape index (κ1) is 13.2. The topological polar surface area (TPSA) is 29.9 Å². The molecule has 1 aromatic heterocycles. The fraction of sp³-hybridized carbons (Fsp3) is 0.769. The van der Waals surface area contributed by atoms with E-state index in [1.165, 1.54) is 12.1 Å². The lowest BCUT2D eigenvalue weighted by molar-refractivity contribution is 0.355. The maximum absolute atomic E-state index is 4.28. The normalized spacial score (nSPS) is 13.3. The van der Waals surface area contributed by atoms with Crippen molar-refractivity contribution in [2.75, 3.05) is 6.54 Å². The highest BCUT2D eigenvalue weighted by Crippen LogP contribution is 2.22. The second-order valence-corrected chi connectivity index (χ2v) is 4.69. The fourth-order valence-electron chi connectivity index (χ4n) is 2.15. The van der Waals surface area contributed by atoms with E-state index in [0.717, 1.165) is 19.5 Å². The van der Waals surface area contributed by atoms with Crippen LogP contribution in [0.25, 0.3) is 0 Å². The molecule has 1 atom stereocenters. The summed E-state index contributed by atoms with van der Waals surface area (Å²) in [5.41, 5.74) is 1.30. The Morgan fingerprint density at radius 3 is 2.69 bits per heavy atom. The number of hydrogen-bond acceptors (Lipinski definition) is 2. The van der Waals surface area contributed by atoms with E-state index in [2.05, 4.69) is 42.6 Å². The first-order valence-corrected chi connectivity index (χ1v) is 6.42. The summed E-state index contributed by atoms with van der Waals surface area (Å²) in [6.45, 7) is 11.0. The van der Waals surface area contributed by atoms with Crippen LogP contribution in [0.1, 0.15) is 52.3 Å². The van der Waals surface area contributed by atoms with Gasteiger partial charge in [-0.1, -0.05) is 27.7 Å². The van der Waals surface area contributed by atoms with Gasteiger partial charge in [-0.2, -0.15) is 0 Å². The Labute approximate surface area is 99.3 Å². The molecule has 1 heterocycles. The van der Waals surface area contributed by atoms with Crippen LogP contribution in [-0.4, -0.2) is 16.1 Å². The van der Waals surface area contributed by atoms with Crippen LogP contribution in [0.15, 0.2) is 12.5 Å². The first-order valence-electron chi connectivity index (χ1n) is 6.42. The molecule has 0 aliphatic rings. The van der Waals surface area contributed by atoms with E-state index in [1.54, 1.807) is 0 Å². The Balaban J connectivity index is 2.68. The zero-order chi connectivity index (χ0) is 12.0. The minimum Gasteiger partial charge on any atom is -0.330 e. The molecule has 0 aromatic carbocycles. The molecule has 3 nitrogen and oxygen atoms in total. The van der Waals surface area contributed by atoms with Crippen LogP contribution >= 0.6 is 0 Å². The number of nitrogens with zero attached hydrogens (tertiary/aromatic N) is 2. The molecule has 92 valence electrons. The van der Waals surface area contributed by atoms with Crippen LogP contribution in [-0.2, 0) is 6.54 Å². The molecule has 1 aromatic rings. The van der Waals surface area contributed by atoms with Crippen molar-refractivity contribution >= 4 is 0 Å². The van der Waals surface area contributed by atoms with Crippen molar-refractivity contribution in [3.8, 4) is 0 Å². The quantitative estimate of drug-likeness (QED) is 0.720. The van der Waals surface area contributed by atoms with E-state index in [1.807, 2.05) is 12.5 Å². The molecule has 0 aliphatic carbocycles. The van der Waals surface area contributed by atoms with Gasteiger partial charge in [-0.25, -0.2) is 4.98 Å². The molecule has 0 saturated heterocycles. The molecular weight excluding hydrogens is 198 g/mol. The second-order valence-electron chi connectivity index (χ2n) is 4.69. The Morgan fingerprint density at radius 1 is 1.38 bits per heavy atom. The molecule has 0 aliphatic heterocycles. The third-order valence-corrected chi connectivity index (χ3v) is 3.02. The van der Waals surface area contributed by atoms with Gasteiger partial charge in [0.1, 0.15) is 0 Å². The van der Waals surface area contributed by atoms with Crippen LogP contribution in [0.5, 0.6) is 0 Å². The van der Waals surface area contributed by atoms with E-state index in [0.29, 0.717) is 12.0 Å². The van der Waals surface area contributed by atoms with Crippen molar-refractivity contribution < 1.29 is 0 Å². The zero-order valence-electron chi connectivity index (χ0n) is 11.0. The summed E-state index contributed by atoms with van der Waals surface area (Å²) >= 11 is 0. The van der Waals surface area contributed by atoms with Gasteiger partial charge >= 0.3 is 0 Å². The van der Waals surface area contributed by atoms with Gasteiger partial charge in [0.25, 0.3) is 0 Å². The van der Waals surface area contributed by atoms with Crippen molar-refractivity contribution in [1.82, 2.24) is 14.9 Å². The average molecular weight is 223 g/mol. The lowest BCUT2D eigenvalue weighted by Gasteiger charge is -2.23. The summed E-state index contributed by atoms with van der Waals surface area (Å²) < 4.78 is 2.33. The second kappa shape index (κ2) is 6.69. The van der Waals surface area contributed by atoms with Gasteiger partial charge < -0.3 is 9.88 Å². The van der Waals surface area contributed by atoms with Gasteiger partial charge in [0.15, 0.2) is 0 Å². The minimum absolute atomic E-state index is 0.570. The van der Waals surface area contributed by atoms with Crippen molar-refractivity contribution in [3.05, 3.63) is 18.2 Å². The molecule has 1 rings (SSSR count). The van der Waals surface area contributed by atoms with Crippen LogP contribution in [0.3, 0.4) is 0 Å². The fourth-order valence-corrected chi connectivity index (χ4v) is 2.15. The van der Waals surface area contributed by atoms with Gasteiger partial charge in [-0.3, -0.25) is 0 Å². The third-order valence-electron chi connectivity index (χ3n) is 3.02. The van der Waals surface area contributed by atoms with E-state index in [9.17, 15) is 0 Å². The van der Waals surface area contributed by atoms with Crippen LogP contribution in [0.4, 0.5) is 0 Å². The zero-order valence-corrected chi connectivity index (χ0v) is 11.0. The molecule has 0 radical (unpaired) electrons. The van der Waals surface area contributed by atoms with Gasteiger partial charge in [-0.15, -0.1) is 0 Å². The highest BCUT2D eigenvalue weighted by atomic mass is 15.1. The van der Waals surface area contributed by atoms with E-state index >= 15 is 0 Å². The minimum atomic E-state index is 0.570. The highest BCUT2D eigenvalue weighted by Gasteiger charge is 2.15. The largest absolute Gasteiger partial charge is 0.330 e. The maximum Gasteiger partial charge on any atom is 0.0951 e. The average Bonchev–Trinajstić information content (AvgIpc) is 2.68. The van der Waals surface area contributed by atoms with Gasteiger partial charge in [-0.05, 0) is 25.3 Å². The number of aromatic nitrogens is 2. The molecule has 16 heavy (non-hydrogen) atoms. The first-order chi connectivity index (χ1) is 7.70. The van der Waals surface area contributed by atoms with E-state index < -0.39 is 0 Å². The number of hydrogen-bond donors (Lipinski definition) is 1. The molecule has 1 N–H and O–H groups in total. The van der Waals surface area contributed by atoms with E-state index in [4.69, 9.17) is 0 Å². The maximum atomic E-state index is 4.28. The summed E-state index contributed by atoms with van der Waals surface area (Å²) in [6, 6.07) is 0.570. The van der Waals surface area contributed by atoms with Crippen LogP contribution in [0, 0.1) is 5.92 Å². The lowest BCUT2D eigenvalue weighted by Crippen LogP contribution is -2.21. The monoisotopic (exact) mass is 223 g/mol. The Hall–Kier alpha value is -0.830. The number of imidazole rings is 1. The smallest absolute Gasteiger partial charge is 0.0951 e. The summed E-state index contributed by atoms with van der Waals surface area (Å²) in [6.07, 6.45) is 6.29. The summed E-state index contributed by atoms with van der Waals surface area (Å²) in [5, 5.41) is 3.43. The van der Waals surface area contributed by atoms with Gasteiger partial charge in [0, 0.05) is 18.8 Å². The Morgan fingerprint density at radius 2 is 2.12 bits per heavy atom. The van der Waals surface area contributed by atoms with Crippen molar-refractivity contribution in [2.24, 2.45) is 5.92 Å². The summed E-state index contributed by atoms with van der Waals surface area (Å²) in [7, 11) is 0. The molecule has 0 saturated carbocycles. The molecule has 0 bridgehead atoms. The number of rotatable bonds is 7. The predicted octanol–water partition coefficient (Wildman–Crippen LogP) is 2.99. The predicted molar refractivity (Wildman–Crippen MR) is 68.4 cm³/mol. The third kappa shape index (κ3) is 3.34. The lowest BCUT2D eigenvalue weighted by atomic mass is 10.0. The van der Waals surface area contributed by atoms with Gasteiger partial charge in [0.05, 0.1) is 12.0 Å². The number of nitrogens with one attached hydrogen (secondary N) is 1. The van der Waals surface area contributed by atoms with Crippen molar-refractivity contribution in [1.29, 1.82) is 0 Å². The molecule has 3 heteroatoms.